The Morgan fingerprint density at radius 3 is 2.82 bits per heavy atom. The third-order valence-corrected chi connectivity index (χ3v) is 4.46. The zero-order valence-electron chi connectivity index (χ0n) is 12.5. The molecule has 0 saturated heterocycles. The summed E-state index contributed by atoms with van der Waals surface area (Å²) < 4.78 is 11.3. The maximum absolute atomic E-state index is 12.0. The highest BCUT2D eigenvalue weighted by atomic mass is 32.2. The number of hydrogen-bond acceptors (Lipinski definition) is 4. The molecule has 0 amide bonds. The molecule has 3 rings (SSSR count). The van der Waals surface area contributed by atoms with E-state index in [2.05, 4.69) is 31.2 Å². The predicted molar refractivity (Wildman–Crippen MR) is 88.3 cm³/mol. The molecule has 0 bridgehead atoms. The Balaban J connectivity index is 1.58. The number of hydrogen-bond donors (Lipinski definition) is 0. The highest BCUT2D eigenvalue weighted by Crippen LogP contribution is 2.32. The first-order valence-corrected chi connectivity index (χ1v) is 8.34. The molecule has 2 aromatic rings. The molecule has 0 fully saturated rings. The van der Waals surface area contributed by atoms with Gasteiger partial charge in [-0.3, -0.25) is 4.79 Å². The van der Waals surface area contributed by atoms with E-state index in [9.17, 15) is 4.79 Å². The van der Waals surface area contributed by atoms with Crippen molar-refractivity contribution in [2.24, 2.45) is 0 Å². The summed E-state index contributed by atoms with van der Waals surface area (Å²) in [5.41, 5.74) is 1.85. The molecule has 0 radical (unpaired) electrons. The number of aryl methyl sites for hydroxylation is 1. The zero-order chi connectivity index (χ0) is 15.4. The lowest BCUT2D eigenvalue weighted by atomic mass is 10.0. The van der Waals surface area contributed by atoms with Crippen LogP contribution in [0.25, 0.3) is 0 Å². The first-order valence-electron chi connectivity index (χ1n) is 7.35. The lowest BCUT2D eigenvalue weighted by molar-refractivity contribution is 0.0928. The standard InChI is InChI=1S/C18H18O3S/c1-13-5-7-14(8-6-13)22-12-11-21-17-4-2-3-16-18(17)15(19)9-10-20-16/h2-8H,9-12H2,1H3. The molecule has 0 atom stereocenters. The van der Waals surface area contributed by atoms with Gasteiger partial charge in [0.2, 0.25) is 0 Å². The van der Waals surface area contributed by atoms with E-state index in [0.29, 0.717) is 36.7 Å². The minimum atomic E-state index is 0.100. The fourth-order valence-corrected chi connectivity index (χ4v) is 3.08. The van der Waals surface area contributed by atoms with E-state index in [1.54, 1.807) is 11.8 Å². The van der Waals surface area contributed by atoms with Crippen LogP contribution in [0.1, 0.15) is 22.3 Å². The Morgan fingerprint density at radius 2 is 2.00 bits per heavy atom. The number of carbonyl (C=O) groups excluding carboxylic acids is 1. The van der Waals surface area contributed by atoms with Gasteiger partial charge in [0.25, 0.3) is 0 Å². The number of fused-ring (bicyclic) bond motifs is 1. The maximum Gasteiger partial charge on any atom is 0.173 e. The maximum atomic E-state index is 12.0. The van der Waals surface area contributed by atoms with Crippen LogP contribution in [0.5, 0.6) is 11.5 Å². The van der Waals surface area contributed by atoms with Gasteiger partial charge in [-0.15, -0.1) is 11.8 Å². The van der Waals surface area contributed by atoms with Crippen molar-refractivity contribution in [3.8, 4) is 11.5 Å². The normalized spacial score (nSPS) is 13.4. The largest absolute Gasteiger partial charge is 0.492 e. The average molecular weight is 314 g/mol. The van der Waals surface area contributed by atoms with Gasteiger partial charge in [-0.25, -0.2) is 0 Å². The molecular formula is C18H18O3S. The number of ketones is 1. The van der Waals surface area contributed by atoms with Crippen LogP contribution in [0.4, 0.5) is 0 Å². The number of carbonyl (C=O) groups is 1. The van der Waals surface area contributed by atoms with Crippen LogP contribution in [-0.4, -0.2) is 24.7 Å². The van der Waals surface area contributed by atoms with E-state index >= 15 is 0 Å². The van der Waals surface area contributed by atoms with Gasteiger partial charge in [0.05, 0.1) is 13.2 Å². The number of rotatable bonds is 5. The fourth-order valence-electron chi connectivity index (χ4n) is 2.35. The molecule has 4 heteroatoms. The van der Waals surface area contributed by atoms with Gasteiger partial charge >= 0.3 is 0 Å². The summed E-state index contributed by atoms with van der Waals surface area (Å²) in [6, 6.07) is 13.9. The Labute approximate surface area is 134 Å². The van der Waals surface area contributed by atoms with Crippen LogP contribution in [0, 0.1) is 6.92 Å². The van der Waals surface area contributed by atoms with Gasteiger partial charge in [-0.2, -0.15) is 0 Å². The van der Waals surface area contributed by atoms with Crippen LogP contribution >= 0.6 is 11.8 Å². The molecule has 0 aromatic heterocycles. The minimum absolute atomic E-state index is 0.100. The molecule has 1 aliphatic heterocycles. The lowest BCUT2D eigenvalue weighted by Crippen LogP contribution is -2.17. The summed E-state index contributed by atoms with van der Waals surface area (Å²) in [7, 11) is 0. The van der Waals surface area contributed by atoms with Crippen molar-refractivity contribution in [3.05, 3.63) is 53.6 Å². The summed E-state index contributed by atoms with van der Waals surface area (Å²) in [5, 5.41) is 0. The fraction of sp³-hybridized carbons (Fsp3) is 0.278. The lowest BCUT2D eigenvalue weighted by Gasteiger charge is -2.19. The average Bonchev–Trinajstić information content (AvgIpc) is 2.53. The van der Waals surface area contributed by atoms with Crippen molar-refractivity contribution in [2.75, 3.05) is 19.0 Å². The van der Waals surface area contributed by atoms with E-state index < -0.39 is 0 Å². The molecule has 0 N–H and O–H groups in total. The smallest absolute Gasteiger partial charge is 0.173 e. The monoisotopic (exact) mass is 314 g/mol. The Morgan fingerprint density at radius 1 is 1.18 bits per heavy atom. The minimum Gasteiger partial charge on any atom is -0.492 e. The Bertz CT molecular complexity index is 665. The van der Waals surface area contributed by atoms with Crippen LogP contribution < -0.4 is 9.47 Å². The topological polar surface area (TPSA) is 35.5 Å². The van der Waals surface area contributed by atoms with Crippen LogP contribution in [0.2, 0.25) is 0 Å². The van der Waals surface area contributed by atoms with Gasteiger partial charge in [0, 0.05) is 17.1 Å². The van der Waals surface area contributed by atoms with Gasteiger partial charge in [-0.05, 0) is 31.2 Å². The van der Waals surface area contributed by atoms with Crippen molar-refractivity contribution >= 4 is 17.5 Å². The number of Topliss-reactive ketones (excluding diaryl/α,β-unsaturated/α-hetero) is 1. The Kier molecular flexibility index (Phi) is 4.68. The van der Waals surface area contributed by atoms with Gasteiger partial charge < -0.3 is 9.47 Å². The molecule has 0 spiro atoms. The summed E-state index contributed by atoms with van der Waals surface area (Å²) in [5.74, 6) is 2.21. The third kappa shape index (κ3) is 3.45. The Hall–Kier alpha value is -1.94. The first-order chi connectivity index (χ1) is 10.7. The summed E-state index contributed by atoms with van der Waals surface area (Å²) >= 11 is 1.75. The highest BCUT2D eigenvalue weighted by Gasteiger charge is 2.22. The molecule has 114 valence electrons. The number of thioether (sulfide) groups is 1. The molecule has 1 aliphatic rings. The van der Waals surface area contributed by atoms with E-state index in [1.165, 1.54) is 10.5 Å². The molecule has 0 aliphatic carbocycles. The van der Waals surface area contributed by atoms with Gasteiger partial charge in [-0.1, -0.05) is 23.8 Å². The highest BCUT2D eigenvalue weighted by molar-refractivity contribution is 7.99. The zero-order valence-corrected chi connectivity index (χ0v) is 13.3. The van der Waals surface area contributed by atoms with Crippen LogP contribution in [-0.2, 0) is 0 Å². The van der Waals surface area contributed by atoms with Crippen molar-refractivity contribution in [1.29, 1.82) is 0 Å². The second-order valence-corrected chi connectivity index (χ2v) is 6.33. The molecule has 0 unspecified atom stereocenters. The molecule has 3 nitrogen and oxygen atoms in total. The molecule has 22 heavy (non-hydrogen) atoms. The van der Waals surface area contributed by atoms with Crippen molar-refractivity contribution in [1.82, 2.24) is 0 Å². The second-order valence-electron chi connectivity index (χ2n) is 5.16. The van der Waals surface area contributed by atoms with E-state index in [0.717, 1.165) is 5.75 Å². The molecular weight excluding hydrogens is 296 g/mol. The molecule has 0 saturated carbocycles. The predicted octanol–water partition coefficient (Wildman–Crippen LogP) is 4.13. The van der Waals surface area contributed by atoms with E-state index in [4.69, 9.17) is 9.47 Å². The second kappa shape index (κ2) is 6.88. The van der Waals surface area contributed by atoms with Crippen molar-refractivity contribution < 1.29 is 14.3 Å². The third-order valence-electron chi connectivity index (χ3n) is 3.48. The van der Waals surface area contributed by atoms with Crippen LogP contribution in [0.3, 0.4) is 0 Å². The number of ether oxygens (including phenoxy) is 2. The quantitative estimate of drug-likeness (QED) is 0.614. The van der Waals surface area contributed by atoms with Crippen LogP contribution in [0.15, 0.2) is 47.4 Å². The number of benzene rings is 2. The van der Waals surface area contributed by atoms with E-state index in [1.807, 2.05) is 18.2 Å². The summed E-state index contributed by atoms with van der Waals surface area (Å²) in [6.45, 7) is 3.09. The van der Waals surface area contributed by atoms with E-state index in [-0.39, 0.29) is 5.78 Å². The summed E-state index contributed by atoms with van der Waals surface area (Å²) in [4.78, 5) is 13.3. The molecule has 1 heterocycles. The SMILES string of the molecule is Cc1ccc(SCCOc2cccc3c2C(=O)CCO3)cc1. The van der Waals surface area contributed by atoms with Crippen molar-refractivity contribution in [3.63, 3.8) is 0 Å². The van der Waals surface area contributed by atoms with Gasteiger partial charge in [0.1, 0.15) is 17.1 Å². The first kappa shape index (κ1) is 15.0. The molecule has 2 aromatic carbocycles. The van der Waals surface area contributed by atoms with Gasteiger partial charge in [0.15, 0.2) is 5.78 Å². The van der Waals surface area contributed by atoms with Crippen molar-refractivity contribution in [2.45, 2.75) is 18.2 Å². The summed E-state index contributed by atoms with van der Waals surface area (Å²) in [6.07, 6.45) is 0.422.